The summed E-state index contributed by atoms with van der Waals surface area (Å²) >= 11 is 15.8. The highest BCUT2D eigenvalue weighted by Gasteiger charge is 2.34. The van der Waals surface area contributed by atoms with Gasteiger partial charge in [-0.1, -0.05) is 88.5 Å². The molecule has 0 saturated heterocycles. The molecule has 0 aliphatic rings. The fourth-order valence-electron chi connectivity index (χ4n) is 4.11. The molecule has 0 spiro atoms. The Bertz CT molecular complexity index is 1440. The number of rotatable bonds is 12. The van der Waals surface area contributed by atoms with Gasteiger partial charge in [-0.05, 0) is 54.8 Å². The number of nitrogens with one attached hydrogen (secondary N) is 1. The highest BCUT2D eigenvalue weighted by molar-refractivity contribution is 9.10. The van der Waals surface area contributed by atoms with Gasteiger partial charge >= 0.3 is 0 Å². The van der Waals surface area contributed by atoms with E-state index in [0.29, 0.717) is 11.4 Å². The van der Waals surface area contributed by atoms with Crippen molar-refractivity contribution in [2.45, 2.75) is 45.3 Å². The Morgan fingerprint density at radius 1 is 0.975 bits per heavy atom. The van der Waals surface area contributed by atoms with E-state index in [2.05, 4.69) is 21.2 Å². The first-order chi connectivity index (χ1) is 18.9. The monoisotopic (exact) mass is 667 g/mol. The average Bonchev–Trinajstić information content (AvgIpc) is 2.89. The molecule has 0 aliphatic heterocycles. The van der Waals surface area contributed by atoms with Crippen LogP contribution in [-0.4, -0.2) is 50.0 Å². The predicted molar refractivity (Wildman–Crippen MR) is 165 cm³/mol. The lowest BCUT2D eigenvalue weighted by molar-refractivity contribution is -0.140. The zero-order valence-electron chi connectivity index (χ0n) is 22.5. The number of hydrogen-bond acceptors (Lipinski definition) is 4. The van der Waals surface area contributed by atoms with Crippen LogP contribution in [0.3, 0.4) is 0 Å². The second kappa shape index (κ2) is 14.3. The number of sulfonamides is 1. The summed E-state index contributed by atoms with van der Waals surface area (Å²) < 4.78 is 27.5. The van der Waals surface area contributed by atoms with Gasteiger partial charge in [-0.15, -0.1) is 0 Å². The summed E-state index contributed by atoms with van der Waals surface area (Å²) in [4.78, 5) is 29.2. The minimum atomic E-state index is -3.94. The molecule has 0 fully saturated rings. The largest absolute Gasteiger partial charge is 0.352 e. The Morgan fingerprint density at radius 2 is 1.65 bits per heavy atom. The van der Waals surface area contributed by atoms with Crippen LogP contribution in [0, 0.1) is 0 Å². The first-order valence-corrected chi connectivity index (χ1v) is 16.1. The summed E-state index contributed by atoms with van der Waals surface area (Å²) in [6.07, 6.45) is 1.95. The fourth-order valence-corrected chi connectivity index (χ4v) is 5.97. The van der Waals surface area contributed by atoms with Crippen molar-refractivity contribution < 1.29 is 18.0 Å². The number of benzene rings is 3. The zero-order chi connectivity index (χ0) is 29.4. The third-order valence-corrected chi connectivity index (χ3v) is 8.53. The first kappa shape index (κ1) is 31.9. The van der Waals surface area contributed by atoms with Crippen molar-refractivity contribution in [3.63, 3.8) is 0 Å². The molecule has 2 amide bonds. The lowest BCUT2D eigenvalue weighted by Crippen LogP contribution is -2.54. The van der Waals surface area contributed by atoms with Gasteiger partial charge in [0, 0.05) is 28.5 Å². The Kier molecular flexibility index (Phi) is 11.5. The standard InChI is InChI=1S/C29H32BrCl2N3O4S/c1-4-20(2)33-29(37)27(16-21-9-6-5-7-10-21)34(18-22-11-8-12-23(30)15-22)28(36)19-35(40(3,38)39)26-14-13-24(31)17-25(26)32/h5-15,17,20,27H,4,16,18-19H2,1-3H3,(H,33,37)/t20-,27-/m0/s1. The summed E-state index contributed by atoms with van der Waals surface area (Å²) in [5, 5.41) is 3.41. The minimum Gasteiger partial charge on any atom is -0.352 e. The van der Waals surface area contributed by atoms with Crippen LogP contribution >= 0.6 is 39.1 Å². The van der Waals surface area contributed by atoms with Crippen molar-refractivity contribution in [3.8, 4) is 0 Å². The number of amides is 2. The number of carbonyl (C=O) groups is 2. The van der Waals surface area contributed by atoms with Crippen LogP contribution in [0.15, 0.2) is 77.3 Å². The molecule has 0 unspecified atom stereocenters. The zero-order valence-corrected chi connectivity index (χ0v) is 26.4. The van der Waals surface area contributed by atoms with Gasteiger partial charge in [-0.25, -0.2) is 8.42 Å². The molecule has 0 aromatic heterocycles. The van der Waals surface area contributed by atoms with E-state index in [-0.39, 0.29) is 35.6 Å². The molecule has 0 bridgehead atoms. The number of anilines is 1. The molecule has 3 rings (SSSR count). The molecule has 3 aromatic carbocycles. The Morgan fingerprint density at radius 3 is 2.25 bits per heavy atom. The summed E-state index contributed by atoms with van der Waals surface area (Å²) in [6.45, 7) is 3.37. The molecule has 1 N–H and O–H groups in total. The fraction of sp³-hybridized carbons (Fsp3) is 0.310. The Balaban J connectivity index is 2.08. The quantitative estimate of drug-likeness (QED) is 0.254. The molecule has 0 heterocycles. The van der Waals surface area contributed by atoms with E-state index in [1.54, 1.807) is 0 Å². The van der Waals surface area contributed by atoms with Crippen molar-refractivity contribution in [3.05, 3.63) is 98.4 Å². The van der Waals surface area contributed by atoms with Gasteiger partial charge in [0.1, 0.15) is 12.6 Å². The maximum atomic E-state index is 14.1. The molecule has 11 heteroatoms. The lowest BCUT2D eigenvalue weighted by atomic mass is 10.0. The highest BCUT2D eigenvalue weighted by atomic mass is 79.9. The predicted octanol–water partition coefficient (Wildman–Crippen LogP) is 6.08. The van der Waals surface area contributed by atoms with E-state index in [1.165, 1.54) is 23.1 Å². The van der Waals surface area contributed by atoms with Crippen molar-refractivity contribution in [2.75, 3.05) is 17.1 Å². The molecule has 3 aromatic rings. The number of hydrogen-bond donors (Lipinski definition) is 1. The first-order valence-electron chi connectivity index (χ1n) is 12.7. The number of nitrogens with zero attached hydrogens (tertiary/aromatic N) is 2. The van der Waals surface area contributed by atoms with E-state index >= 15 is 0 Å². The van der Waals surface area contributed by atoms with Crippen LogP contribution in [-0.2, 0) is 32.6 Å². The molecule has 214 valence electrons. The van der Waals surface area contributed by atoms with Crippen LogP contribution < -0.4 is 9.62 Å². The molecule has 40 heavy (non-hydrogen) atoms. The van der Waals surface area contributed by atoms with Crippen molar-refractivity contribution in [1.29, 1.82) is 0 Å². The van der Waals surface area contributed by atoms with E-state index < -0.39 is 28.5 Å². The second-order valence-electron chi connectivity index (χ2n) is 9.54. The normalized spacial score (nSPS) is 12.8. The van der Waals surface area contributed by atoms with Gasteiger partial charge in [0.25, 0.3) is 0 Å². The summed E-state index contributed by atoms with van der Waals surface area (Å²) in [5.74, 6) is -0.881. The van der Waals surface area contributed by atoms with Crippen molar-refractivity contribution >= 4 is 66.7 Å². The molecular weight excluding hydrogens is 637 g/mol. The maximum absolute atomic E-state index is 14.1. The summed E-state index contributed by atoms with van der Waals surface area (Å²) in [7, 11) is -3.94. The van der Waals surface area contributed by atoms with Crippen LogP contribution in [0.4, 0.5) is 5.69 Å². The van der Waals surface area contributed by atoms with Gasteiger partial charge in [-0.3, -0.25) is 13.9 Å². The summed E-state index contributed by atoms with van der Waals surface area (Å²) in [6, 6.07) is 20.1. The number of halogens is 3. The highest BCUT2D eigenvalue weighted by Crippen LogP contribution is 2.31. The molecule has 2 atom stereocenters. The minimum absolute atomic E-state index is 0.0790. The average molecular weight is 669 g/mol. The Hall–Kier alpha value is -2.59. The van der Waals surface area contributed by atoms with Crippen molar-refractivity contribution in [2.24, 2.45) is 0 Å². The molecule has 0 radical (unpaired) electrons. The van der Waals surface area contributed by atoms with E-state index in [9.17, 15) is 18.0 Å². The van der Waals surface area contributed by atoms with Crippen LogP contribution in [0.25, 0.3) is 0 Å². The van der Waals surface area contributed by atoms with Gasteiger partial charge in [0.05, 0.1) is 17.0 Å². The van der Waals surface area contributed by atoms with Crippen LogP contribution in [0.5, 0.6) is 0 Å². The molecule has 7 nitrogen and oxygen atoms in total. The van der Waals surface area contributed by atoms with Gasteiger partial charge in [-0.2, -0.15) is 0 Å². The second-order valence-corrected chi connectivity index (χ2v) is 13.2. The SMILES string of the molecule is CC[C@H](C)NC(=O)[C@H](Cc1ccccc1)N(Cc1cccc(Br)c1)C(=O)CN(c1ccc(Cl)cc1Cl)S(C)(=O)=O. The smallest absolute Gasteiger partial charge is 0.244 e. The lowest BCUT2D eigenvalue weighted by Gasteiger charge is -2.34. The molecule has 0 saturated carbocycles. The van der Waals surface area contributed by atoms with Gasteiger partial charge in [0.2, 0.25) is 21.8 Å². The van der Waals surface area contributed by atoms with Gasteiger partial charge < -0.3 is 10.2 Å². The van der Waals surface area contributed by atoms with Crippen LogP contribution in [0.2, 0.25) is 10.0 Å². The van der Waals surface area contributed by atoms with Crippen molar-refractivity contribution in [1.82, 2.24) is 10.2 Å². The van der Waals surface area contributed by atoms with E-state index in [0.717, 1.165) is 26.2 Å². The third-order valence-electron chi connectivity index (χ3n) is 6.37. The third kappa shape index (κ3) is 8.96. The molecule has 0 aliphatic carbocycles. The van der Waals surface area contributed by atoms with E-state index in [1.807, 2.05) is 68.4 Å². The van der Waals surface area contributed by atoms with E-state index in [4.69, 9.17) is 23.2 Å². The molecular formula is C29H32BrCl2N3O4S. The topological polar surface area (TPSA) is 86.8 Å². The Labute approximate surface area is 254 Å². The maximum Gasteiger partial charge on any atom is 0.244 e. The summed E-state index contributed by atoms with van der Waals surface area (Å²) in [5.41, 5.74) is 1.75. The van der Waals surface area contributed by atoms with Gasteiger partial charge in [0.15, 0.2) is 0 Å². The number of carbonyl (C=O) groups excluding carboxylic acids is 2. The van der Waals surface area contributed by atoms with Crippen LogP contribution in [0.1, 0.15) is 31.4 Å².